The van der Waals surface area contributed by atoms with Crippen molar-refractivity contribution in [1.29, 1.82) is 0 Å². The largest absolute Gasteiger partial charge is 0.493 e. The van der Waals surface area contributed by atoms with Gasteiger partial charge < -0.3 is 10.1 Å². The molecule has 108 valence electrons. The molecule has 1 atom stereocenters. The molecule has 1 aromatic heterocycles. The molecule has 4 heteroatoms. The Morgan fingerprint density at radius 2 is 2.15 bits per heavy atom. The van der Waals surface area contributed by atoms with E-state index in [0.717, 1.165) is 17.9 Å². The number of aryl methyl sites for hydroxylation is 2. The van der Waals surface area contributed by atoms with Gasteiger partial charge >= 0.3 is 0 Å². The monoisotopic (exact) mass is 290 g/mol. The van der Waals surface area contributed by atoms with Crippen LogP contribution in [0.4, 0.5) is 0 Å². The number of rotatable bonds is 6. The SMILES string of the molecule is CNC(C)c1cc(C)ccc1OCCc1scnc1C. The molecule has 0 bridgehead atoms. The third kappa shape index (κ3) is 3.58. The highest BCUT2D eigenvalue weighted by Gasteiger charge is 2.11. The van der Waals surface area contributed by atoms with Crippen molar-refractivity contribution < 1.29 is 4.74 Å². The highest BCUT2D eigenvalue weighted by molar-refractivity contribution is 7.09. The molecule has 3 nitrogen and oxygen atoms in total. The number of hydrogen-bond donors (Lipinski definition) is 1. The van der Waals surface area contributed by atoms with E-state index in [-0.39, 0.29) is 6.04 Å². The molecular weight excluding hydrogens is 268 g/mol. The summed E-state index contributed by atoms with van der Waals surface area (Å²) in [6.07, 6.45) is 0.914. The Hall–Kier alpha value is -1.39. The Morgan fingerprint density at radius 3 is 2.80 bits per heavy atom. The molecule has 0 fully saturated rings. The number of benzene rings is 1. The molecule has 0 radical (unpaired) electrons. The van der Waals surface area contributed by atoms with Crippen LogP contribution >= 0.6 is 11.3 Å². The van der Waals surface area contributed by atoms with Crippen molar-refractivity contribution in [2.24, 2.45) is 0 Å². The number of nitrogens with one attached hydrogen (secondary N) is 1. The van der Waals surface area contributed by atoms with Crippen LogP contribution in [0.25, 0.3) is 0 Å². The zero-order chi connectivity index (χ0) is 14.5. The van der Waals surface area contributed by atoms with E-state index in [1.807, 2.05) is 19.5 Å². The van der Waals surface area contributed by atoms with Crippen LogP contribution in [0, 0.1) is 13.8 Å². The first kappa shape index (κ1) is 15.0. The van der Waals surface area contributed by atoms with Crippen molar-refractivity contribution in [3.8, 4) is 5.75 Å². The molecule has 0 aliphatic carbocycles. The summed E-state index contributed by atoms with van der Waals surface area (Å²) in [6.45, 7) is 6.99. The molecule has 0 aliphatic heterocycles. The van der Waals surface area contributed by atoms with Gasteiger partial charge in [0.25, 0.3) is 0 Å². The molecule has 1 unspecified atom stereocenters. The van der Waals surface area contributed by atoms with E-state index < -0.39 is 0 Å². The van der Waals surface area contributed by atoms with E-state index in [2.05, 4.69) is 42.3 Å². The Bertz CT molecular complexity index is 565. The predicted octanol–water partition coefficient (Wildman–Crippen LogP) is 3.66. The second-order valence-electron chi connectivity index (χ2n) is 5.01. The van der Waals surface area contributed by atoms with Crippen molar-refractivity contribution in [3.63, 3.8) is 0 Å². The van der Waals surface area contributed by atoms with Crippen LogP contribution in [-0.4, -0.2) is 18.6 Å². The molecule has 2 rings (SSSR count). The van der Waals surface area contributed by atoms with Crippen molar-refractivity contribution in [3.05, 3.63) is 45.4 Å². The van der Waals surface area contributed by atoms with Crippen molar-refractivity contribution in [2.45, 2.75) is 33.2 Å². The minimum atomic E-state index is 0.287. The lowest BCUT2D eigenvalue weighted by Crippen LogP contribution is -2.14. The standard InChI is InChI=1S/C16H22N2OS/c1-11-5-6-15(14(9-11)12(2)17-4)19-8-7-16-13(3)18-10-20-16/h5-6,9-10,12,17H,7-8H2,1-4H3. The maximum Gasteiger partial charge on any atom is 0.124 e. The van der Waals surface area contributed by atoms with Gasteiger partial charge in [0.15, 0.2) is 0 Å². The fraction of sp³-hybridized carbons (Fsp3) is 0.438. The molecule has 0 saturated heterocycles. The zero-order valence-electron chi connectivity index (χ0n) is 12.6. The summed E-state index contributed by atoms with van der Waals surface area (Å²) in [5.74, 6) is 0.972. The molecular formula is C16H22N2OS. The van der Waals surface area contributed by atoms with Crippen LogP contribution < -0.4 is 10.1 Å². The van der Waals surface area contributed by atoms with Gasteiger partial charge in [0.2, 0.25) is 0 Å². The predicted molar refractivity (Wildman–Crippen MR) is 84.7 cm³/mol. The second kappa shape index (κ2) is 6.86. The summed E-state index contributed by atoms with van der Waals surface area (Å²) in [5.41, 5.74) is 5.48. The fourth-order valence-electron chi connectivity index (χ4n) is 2.11. The molecule has 1 N–H and O–H groups in total. The fourth-order valence-corrected chi connectivity index (χ4v) is 2.88. The molecule has 1 heterocycles. The van der Waals surface area contributed by atoms with Crippen LogP contribution in [0.1, 0.15) is 34.7 Å². The Balaban J connectivity index is 2.04. The highest BCUT2D eigenvalue weighted by Crippen LogP contribution is 2.26. The smallest absolute Gasteiger partial charge is 0.124 e. The molecule has 0 amide bonds. The zero-order valence-corrected chi connectivity index (χ0v) is 13.4. The topological polar surface area (TPSA) is 34.1 Å². The van der Waals surface area contributed by atoms with Gasteiger partial charge in [-0.05, 0) is 33.9 Å². The van der Waals surface area contributed by atoms with Gasteiger partial charge in [-0.25, -0.2) is 4.98 Å². The molecule has 2 aromatic rings. The van der Waals surface area contributed by atoms with Crippen molar-refractivity contribution in [2.75, 3.05) is 13.7 Å². The average Bonchev–Trinajstić information content (AvgIpc) is 2.85. The molecule has 20 heavy (non-hydrogen) atoms. The third-order valence-electron chi connectivity index (χ3n) is 3.50. The van der Waals surface area contributed by atoms with Gasteiger partial charge in [0.1, 0.15) is 5.75 Å². The first-order chi connectivity index (χ1) is 9.61. The second-order valence-corrected chi connectivity index (χ2v) is 5.95. The maximum atomic E-state index is 5.98. The van der Waals surface area contributed by atoms with Crippen LogP contribution in [0.5, 0.6) is 5.75 Å². The van der Waals surface area contributed by atoms with Gasteiger partial charge in [0, 0.05) is 22.9 Å². The van der Waals surface area contributed by atoms with Gasteiger partial charge in [0.05, 0.1) is 17.8 Å². The van der Waals surface area contributed by atoms with Crippen molar-refractivity contribution in [1.82, 2.24) is 10.3 Å². The highest BCUT2D eigenvalue weighted by atomic mass is 32.1. The lowest BCUT2D eigenvalue weighted by Gasteiger charge is -2.17. The van der Waals surface area contributed by atoms with E-state index in [4.69, 9.17) is 4.74 Å². The van der Waals surface area contributed by atoms with Gasteiger partial charge in [-0.2, -0.15) is 0 Å². The van der Waals surface area contributed by atoms with Gasteiger partial charge in [-0.15, -0.1) is 11.3 Å². The number of nitrogens with zero attached hydrogens (tertiary/aromatic N) is 1. The minimum Gasteiger partial charge on any atom is -0.493 e. The van der Waals surface area contributed by atoms with E-state index in [1.54, 1.807) is 11.3 Å². The molecule has 0 saturated carbocycles. The summed E-state index contributed by atoms with van der Waals surface area (Å²) in [5, 5.41) is 3.27. The first-order valence-corrected chi connectivity index (χ1v) is 7.79. The average molecular weight is 290 g/mol. The number of aromatic nitrogens is 1. The summed E-state index contributed by atoms with van der Waals surface area (Å²) < 4.78 is 5.98. The van der Waals surface area contributed by atoms with Crippen LogP contribution in [0.3, 0.4) is 0 Å². The van der Waals surface area contributed by atoms with E-state index in [9.17, 15) is 0 Å². The lowest BCUT2D eigenvalue weighted by molar-refractivity contribution is 0.316. The van der Waals surface area contributed by atoms with Crippen LogP contribution in [0.15, 0.2) is 23.7 Å². The Labute approximate surface area is 125 Å². The summed E-state index contributed by atoms with van der Waals surface area (Å²) >= 11 is 1.70. The summed E-state index contributed by atoms with van der Waals surface area (Å²) in [6, 6.07) is 6.64. The maximum absolute atomic E-state index is 5.98. The third-order valence-corrected chi connectivity index (χ3v) is 4.49. The number of thiazole rings is 1. The van der Waals surface area contributed by atoms with E-state index in [1.165, 1.54) is 16.0 Å². The van der Waals surface area contributed by atoms with Crippen LogP contribution in [-0.2, 0) is 6.42 Å². The molecule has 0 spiro atoms. The van der Waals surface area contributed by atoms with Crippen molar-refractivity contribution >= 4 is 11.3 Å². The summed E-state index contributed by atoms with van der Waals surface area (Å²) in [4.78, 5) is 5.57. The Morgan fingerprint density at radius 1 is 1.35 bits per heavy atom. The first-order valence-electron chi connectivity index (χ1n) is 6.91. The quantitative estimate of drug-likeness (QED) is 0.881. The Kier molecular flexibility index (Phi) is 5.15. The molecule has 0 aliphatic rings. The number of hydrogen-bond acceptors (Lipinski definition) is 4. The van der Waals surface area contributed by atoms with Gasteiger partial charge in [-0.3, -0.25) is 0 Å². The number of ether oxygens (including phenoxy) is 1. The van der Waals surface area contributed by atoms with E-state index in [0.29, 0.717) is 6.61 Å². The summed E-state index contributed by atoms with van der Waals surface area (Å²) in [7, 11) is 1.97. The van der Waals surface area contributed by atoms with Crippen LogP contribution in [0.2, 0.25) is 0 Å². The lowest BCUT2D eigenvalue weighted by atomic mass is 10.0. The molecule has 1 aromatic carbocycles. The van der Waals surface area contributed by atoms with Gasteiger partial charge in [-0.1, -0.05) is 17.7 Å². The van der Waals surface area contributed by atoms with E-state index >= 15 is 0 Å². The minimum absolute atomic E-state index is 0.287. The normalized spacial score (nSPS) is 12.4.